The van der Waals surface area contributed by atoms with E-state index in [9.17, 15) is 4.79 Å². The molecule has 0 radical (unpaired) electrons. The van der Waals surface area contributed by atoms with Crippen molar-refractivity contribution in [2.45, 2.75) is 6.92 Å². The highest BCUT2D eigenvalue weighted by molar-refractivity contribution is 8.18. The Morgan fingerprint density at radius 1 is 1.28 bits per heavy atom. The Balaban J connectivity index is 1.92. The van der Waals surface area contributed by atoms with Crippen LogP contribution < -0.4 is 9.47 Å². The number of thioether (sulfide) groups is 1. The Morgan fingerprint density at radius 3 is 2.72 bits per heavy atom. The van der Waals surface area contributed by atoms with Crippen molar-refractivity contribution in [1.82, 2.24) is 9.88 Å². The number of aliphatic imine (C=N–C) groups is 1. The molecule has 1 aromatic heterocycles. The van der Waals surface area contributed by atoms with Crippen molar-refractivity contribution in [2.24, 2.45) is 4.99 Å². The predicted molar refractivity (Wildman–Crippen MR) is 102 cm³/mol. The minimum atomic E-state index is -0.0578. The number of methoxy groups -OCH3 is 2. The minimum absolute atomic E-state index is 0.0578. The molecule has 0 atom stereocenters. The summed E-state index contributed by atoms with van der Waals surface area (Å²) in [5, 5.41) is 3.15. The summed E-state index contributed by atoms with van der Waals surface area (Å²) in [7, 11) is 3.18. The maximum absolute atomic E-state index is 12.6. The number of likely N-dealkylation sites (N-methyl/N-ethyl adjacent to an activating group) is 1. The first kappa shape index (κ1) is 17.5. The topological polar surface area (TPSA) is 64.0 Å². The number of amides is 1. The zero-order chi connectivity index (χ0) is 17.8. The van der Waals surface area contributed by atoms with E-state index in [4.69, 9.17) is 9.47 Å². The highest BCUT2D eigenvalue weighted by atomic mass is 32.2. The van der Waals surface area contributed by atoms with Crippen LogP contribution in [0.4, 0.5) is 5.13 Å². The summed E-state index contributed by atoms with van der Waals surface area (Å²) in [4.78, 5) is 23.5. The zero-order valence-corrected chi connectivity index (χ0v) is 15.7. The van der Waals surface area contributed by atoms with E-state index in [1.165, 1.54) is 23.1 Å². The Kier molecular flexibility index (Phi) is 5.40. The quantitative estimate of drug-likeness (QED) is 0.744. The van der Waals surface area contributed by atoms with Gasteiger partial charge in [-0.05, 0) is 42.5 Å². The lowest BCUT2D eigenvalue weighted by atomic mass is 10.2. The molecule has 25 heavy (non-hydrogen) atoms. The lowest BCUT2D eigenvalue weighted by Crippen LogP contribution is -2.28. The van der Waals surface area contributed by atoms with Crippen LogP contribution in [0, 0.1) is 0 Å². The van der Waals surface area contributed by atoms with Crippen LogP contribution in [0.5, 0.6) is 11.5 Å². The van der Waals surface area contributed by atoms with Gasteiger partial charge >= 0.3 is 0 Å². The van der Waals surface area contributed by atoms with E-state index in [1.807, 2.05) is 36.6 Å². The predicted octanol–water partition coefficient (Wildman–Crippen LogP) is 3.78. The van der Waals surface area contributed by atoms with Gasteiger partial charge in [-0.1, -0.05) is 6.07 Å². The third-order valence-electron chi connectivity index (χ3n) is 3.52. The third-order valence-corrected chi connectivity index (χ3v) is 5.19. The van der Waals surface area contributed by atoms with Crippen LogP contribution >= 0.6 is 23.1 Å². The number of carbonyl (C=O) groups excluding carboxylic acids is 1. The molecule has 0 unspecified atom stereocenters. The molecule has 1 aliphatic rings. The SMILES string of the molecule is CCN1C(=O)/C(=C/c2ccc(OC)c(OC)c2)S/C1=N/c1nccs1. The van der Waals surface area contributed by atoms with Gasteiger partial charge < -0.3 is 9.47 Å². The van der Waals surface area contributed by atoms with E-state index in [0.717, 1.165) is 5.56 Å². The molecule has 1 aromatic carbocycles. The number of hydrogen-bond donors (Lipinski definition) is 0. The first-order valence-corrected chi connectivity index (χ1v) is 9.27. The third kappa shape index (κ3) is 3.69. The van der Waals surface area contributed by atoms with Gasteiger partial charge in [-0.2, -0.15) is 4.99 Å². The molecule has 0 bridgehead atoms. The summed E-state index contributed by atoms with van der Waals surface area (Å²) in [5.41, 5.74) is 0.861. The van der Waals surface area contributed by atoms with Crippen molar-refractivity contribution in [1.29, 1.82) is 0 Å². The van der Waals surface area contributed by atoms with Gasteiger partial charge in [0.2, 0.25) is 5.13 Å². The van der Waals surface area contributed by atoms with Gasteiger partial charge in [0.05, 0.1) is 19.1 Å². The van der Waals surface area contributed by atoms with Gasteiger partial charge in [0, 0.05) is 18.1 Å². The maximum atomic E-state index is 12.6. The molecule has 130 valence electrons. The smallest absolute Gasteiger partial charge is 0.266 e. The van der Waals surface area contributed by atoms with E-state index in [0.29, 0.717) is 33.2 Å². The molecule has 2 heterocycles. The summed E-state index contributed by atoms with van der Waals surface area (Å²) in [6, 6.07) is 5.54. The molecule has 1 amide bonds. The molecular weight excluding hydrogens is 358 g/mol. The van der Waals surface area contributed by atoms with Crippen LogP contribution in [0.1, 0.15) is 12.5 Å². The molecule has 0 N–H and O–H groups in total. The monoisotopic (exact) mass is 375 g/mol. The maximum Gasteiger partial charge on any atom is 0.266 e. The summed E-state index contributed by atoms with van der Waals surface area (Å²) >= 11 is 2.79. The molecule has 8 heteroatoms. The van der Waals surface area contributed by atoms with Gasteiger partial charge in [-0.15, -0.1) is 11.3 Å². The van der Waals surface area contributed by atoms with E-state index in [-0.39, 0.29) is 5.91 Å². The normalized spacial score (nSPS) is 17.6. The lowest BCUT2D eigenvalue weighted by molar-refractivity contribution is -0.122. The van der Waals surface area contributed by atoms with Crippen LogP contribution in [-0.4, -0.2) is 41.7 Å². The standard InChI is InChI=1S/C17H17N3O3S2/c1-4-20-15(21)14(25-17(20)19-16-18-7-8-24-16)10-11-5-6-12(22-2)13(9-11)23-3/h5-10H,4H2,1-3H3/b14-10-,19-17+. The number of thiazole rings is 1. The van der Waals surface area contributed by atoms with E-state index in [2.05, 4.69) is 9.98 Å². The lowest BCUT2D eigenvalue weighted by Gasteiger charge is -2.11. The molecule has 0 spiro atoms. The molecule has 6 nitrogen and oxygen atoms in total. The van der Waals surface area contributed by atoms with Crippen molar-refractivity contribution < 1.29 is 14.3 Å². The van der Waals surface area contributed by atoms with Crippen molar-refractivity contribution in [3.05, 3.63) is 40.2 Å². The van der Waals surface area contributed by atoms with Crippen LogP contribution in [0.2, 0.25) is 0 Å². The van der Waals surface area contributed by atoms with Gasteiger partial charge in [0.15, 0.2) is 16.7 Å². The average molecular weight is 375 g/mol. The molecule has 1 saturated heterocycles. The second-order valence-electron chi connectivity index (χ2n) is 4.98. The van der Waals surface area contributed by atoms with Crippen LogP contribution in [0.15, 0.2) is 39.7 Å². The summed E-state index contributed by atoms with van der Waals surface area (Å²) in [6.45, 7) is 2.48. The number of ether oxygens (including phenoxy) is 2. The number of hydrogen-bond acceptors (Lipinski definition) is 7. The van der Waals surface area contributed by atoms with Crippen molar-refractivity contribution in [3.8, 4) is 11.5 Å². The fraction of sp³-hybridized carbons (Fsp3) is 0.235. The van der Waals surface area contributed by atoms with E-state index in [1.54, 1.807) is 25.3 Å². The number of aromatic nitrogens is 1. The number of nitrogens with zero attached hydrogens (tertiary/aromatic N) is 3. The number of carbonyl (C=O) groups is 1. The van der Waals surface area contributed by atoms with Crippen molar-refractivity contribution >= 4 is 45.4 Å². The average Bonchev–Trinajstić information content (AvgIpc) is 3.23. The van der Waals surface area contributed by atoms with Crippen molar-refractivity contribution in [2.75, 3.05) is 20.8 Å². The second-order valence-corrected chi connectivity index (χ2v) is 6.87. The van der Waals surface area contributed by atoms with E-state index < -0.39 is 0 Å². The zero-order valence-electron chi connectivity index (χ0n) is 14.1. The minimum Gasteiger partial charge on any atom is -0.493 e. The highest BCUT2D eigenvalue weighted by Crippen LogP contribution is 2.35. The molecule has 1 aliphatic heterocycles. The molecule has 3 rings (SSSR count). The Hall–Kier alpha value is -2.32. The van der Waals surface area contributed by atoms with E-state index >= 15 is 0 Å². The molecular formula is C17H17N3O3S2. The van der Waals surface area contributed by atoms with Gasteiger partial charge in [0.25, 0.3) is 5.91 Å². The van der Waals surface area contributed by atoms with Gasteiger partial charge in [0.1, 0.15) is 0 Å². The van der Waals surface area contributed by atoms with Crippen LogP contribution in [0.3, 0.4) is 0 Å². The summed E-state index contributed by atoms with van der Waals surface area (Å²) in [5.74, 6) is 1.21. The van der Waals surface area contributed by atoms with Crippen molar-refractivity contribution in [3.63, 3.8) is 0 Å². The first-order chi connectivity index (χ1) is 12.2. The number of benzene rings is 1. The number of amidine groups is 1. The van der Waals surface area contributed by atoms with Crippen LogP contribution in [0.25, 0.3) is 6.08 Å². The fourth-order valence-corrected chi connectivity index (χ4v) is 3.92. The Labute approximate surface area is 154 Å². The highest BCUT2D eigenvalue weighted by Gasteiger charge is 2.32. The second kappa shape index (κ2) is 7.71. The number of rotatable bonds is 5. The summed E-state index contributed by atoms with van der Waals surface area (Å²) in [6.07, 6.45) is 3.53. The largest absolute Gasteiger partial charge is 0.493 e. The summed E-state index contributed by atoms with van der Waals surface area (Å²) < 4.78 is 10.6. The fourth-order valence-electron chi connectivity index (χ4n) is 2.32. The molecule has 1 fully saturated rings. The molecule has 2 aromatic rings. The van der Waals surface area contributed by atoms with Gasteiger partial charge in [-0.25, -0.2) is 4.98 Å². The molecule has 0 saturated carbocycles. The van der Waals surface area contributed by atoms with Gasteiger partial charge in [-0.3, -0.25) is 9.69 Å². The van der Waals surface area contributed by atoms with Crippen LogP contribution in [-0.2, 0) is 4.79 Å². The molecule has 0 aliphatic carbocycles. The first-order valence-electron chi connectivity index (χ1n) is 7.58. The Morgan fingerprint density at radius 2 is 2.08 bits per heavy atom. The Bertz CT molecular complexity index is 832.